The summed E-state index contributed by atoms with van der Waals surface area (Å²) in [4.78, 5) is 14.7. The van der Waals surface area contributed by atoms with E-state index in [0.29, 0.717) is 11.8 Å². The van der Waals surface area contributed by atoms with Gasteiger partial charge in [0.1, 0.15) is 0 Å². The maximum atomic E-state index is 6.24. The summed E-state index contributed by atoms with van der Waals surface area (Å²) in [5.41, 5.74) is 5.22. The van der Waals surface area contributed by atoms with Gasteiger partial charge >= 0.3 is 0 Å². The zero-order valence-corrected chi connectivity index (χ0v) is 21.0. The van der Waals surface area contributed by atoms with Crippen molar-refractivity contribution >= 4 is 39.8 Å². The van der Waals surface area contributed by atoms with Crippen LogP contribution in [0.3, 0.4) is 0 Å². The second-order valence-electron chi connectivity index (χ2n) is 9.18. The van der Waals surface area contributed by atoms with E-state index in [4.69, 9.17) is 26.7 Å². The summed E-state index contributed by atoms with van der Waals surface area (Å²) in [7, 11) is 0. The van der Waals surface area contributed by atoms with Crippen LogP contribution in [0.15, 0.2) is 72.8 Å². The Balaban J connectivity index is 1.17. The fourth-order valence-corrected chi connectivity index (χ4v) is 5.01. The Morgan fingerprint density at radius 1 is 0.889 bits per heavy atom. The first-order valence-corrected chi connectivity index (χ1v) is 12.7. The summed E-state index contributed by atoms with van der Waals surface area (Å²) < 4.78 is 1.84. The molecule has 8 heteroatoms. The molecule has 2 aromatic heterocycles. The summed E-state index contributed by atoms with van der Waals surface area (Å²) in [6, 6.07) is 24.3. The molecule has 1 N–H and O–H groups in total. The van der Waals surface area contributed by atoms with Crippen molar-refractivity contribution in [3.8, 4) is 11.4 Å². The van der Waals surface area contributed by atoms with Crippen molar-refractivity contribution in [2.75, 3.05) is 49.5 Å². The van der Waals surface area contributed by atoms with Gasteiger partial charge in [0.2, 0.25) is 5.95 Å². The number of aryl methyl sites for hydroxylation is 1. The molecule has 0 spiro atoms. The zero-order chi connectivity index (χ0) is 24.5. The Morgan fingerprint density at radius 2 is 1.67 bits per heavy atom. The quantitative estimate of drug-likeness (QED) is 0.350. The fourth-order valence-electron chi connectivity index (χ4n) is 4.84. The first-order valence-electron chi connectivity index (χ1n) is 12.3. The molecule has 0 unspecified atom stereocenters. The van der Waals surface area contributed by atoms with Crippen LogP contribution in [0.4, 0.5) is 11.6 Å². The maximum absolute atomic E-state index is 6.24. The highest BCUT2D eigenvalue weighted by Gasteiger charge is 2.19. The number of hydrogen-bond acceptors (Lipinski definition) is 6. The van der Waals surface area contributed by atoms with Gasteiger partial charge in [0.15, 0.2) is 11.5 Å². The fraction of sp³-hybridized carbons (Fsp3) is 0.250. The van der Waals surface area contributed by atoms with Crippen molar-refractivity contribution in [1.29, 1.82) is 0 Å². The summed E-state index contributed by atoms with van der Waals surface area (Å²) in [5, 5.41) is 10.1. The van der Waals surface area contributed by atoms with Crippen molar-refractivity contribution in [3.05, 3.63) is 83.4 Å². The average Bonchev–Trinajstić information content (AvgIpc) is 3.37. The number of fused-ring (bicyclic) bond motifs is 3. The van der Waals surface area contributed by atoms with E-state index in [9.17, 15) is 0 Å². The molecular formula is C28H28ClN7. The van der Waals surface area contributed by atoms with Crippen LogP contribution in [-0.4, -0.2) is 63.8 Å². The van der Waals surface area contributed by atoms with Crippen molar-refractivity contribution < 1.29 is 0 Å². The van der Waals surface area contributed by atoms with Gasteiger partial charge in [-0.25, -0.2) is 9.97 Å². The van der Waals surface area contributed by atoms with Gasteiger partial charge in [0.05, 0.1) is 5.52 Å². The molecule has 1 aliphatic heterocycles. The van der Waals surface area contributed by atoms with E-state index in [-0.39, 0.29) is 0 Å². The van der Waals surface area contributed by atoms with Gasteiger partial charge in [-0.05, 0) is 36.8 Å². The monoisotopic (exact) mass is 497 g/mol. The number of rotatable bonds is 6. The lowest BCUT2D eigenvalue weighted by atomic mass is 10.1. The Kier molecular flexibility index (Phi) is 6.17. The van der Waals surface area contributed by atoms with Crippen molar-refractivity contribution in [3.63, 3.8) is 0 Å². The molecule has 7 nitrogen and oxygen atoms in total. The number of piperazine rings is 1. The highest BCUT2D eigenvalue weighted by molar-refractivity contribution is 6.30. The molecule has 0 atom stereocenters. The van der Waals surface area contributed by atoms with E-state index in [1.165, 1.54) is 11.3 Å². The van der Waals surface area contributed by atoms with Crippen LogP contribution < -0.4 is 10.2 Å². The first kappa shape index (κ1) is 22.8. The minimum Gasteiger partial charge on any atom is -0.369 e. The molecular weight excluding hydrogens is 470 g/mol. The number of nitrogens with zero attached hydrogens (tertiary/aromatic N) is 6. The van der Waals surface area contributed by atoms with E-state index >= 15 is 0 Å². The number of halogens is 1. The minimum atomic E-state index is 0.698. The van der Waals surface area contributed by atoms with E-state index in [1.807, 2.05) is 65.2 Å². The molecule has 1 aliphatic rings. The van der Waals surface area contributed by atoms with Crippen LogP contribution in [0, 0.1) is 6.92 Å². The molecule has 0 aliphatic carbocycles. The summed E-state index contributed by atoms with van der Waals surface area (Å²) in [6.45, 7) is 7.85. The lowest BCUT2D eigenvalue weighted by Crippen LogP contribution is -2.47. The molecule has 3 heterocycles. The molecule has 5 aromatic rings. The van der Waals surface area contributed by atoms with Crippen molar-refractivity contribution in [2.24, 2.45) is 0 Å². The van der Waals surface area contributed by atoms with Gasteiger partial charge in [-0.3, -0.25) is 4.90 Å². The predicted octanol–water partition coefficient (Wildman–Crippen LogP) is 5.14. The Morgan fingerprint density at radius 3 is 2.50 bits per heavy atom. The minimum absolute atomic E-state index is 0.698. The van der Waals surface area contributed by atoms with Gasteiger partial charge in [-0.1, -0.05) is 60.1 Å². The lowest BCUT2D eigenvalue weighted by molar-refractivity contribution is 0.267. The van der Waals surface area contributed by atoms with E-state index in [2.05, 4.69) is 34.2 Å². The second kappa shape index (κ2) is 9.76. The largest absolute Gasteiger partial charge is 0.369 e. The Labute approximate surface area is 215 Å². The van der Waals surface area contributed by atoms with Gasteiger partial charge in [0.25, 0.3) is 0 Å². The third-order valence-corrected chi connectivity index (χ3v) is 7.04. The number of nitrogens with one attached hydrogen (secondary N) is 1. The number of anilines is 2. The molecule has 0 bridgehead atoms. The van der Waals surface area contributed by atoms with Crippen LogP contribution >= 0.6 is 11.6 Å². The highest BCUT2D eigenvalue weighted by atomic mass is 35.5. The van der Waals surface area contributed by atoms with Gasteiger partial charge in [-0.15, -0.1) is 5.10 Å². The predicted molar refractivity (Wildman–Crippen MR) is 147 cm³/mol. The third kappa shape index (κ3) is 4.47. The van der Waals surface area contributed by atoms with Crippen molar-refractivity contribution in [2.45, 2.75) is 6.92 Å². The second-order valence-corrected chi connectivity index (χ2v) is 9.61. The van der Waals surface area contributed by atoms with Crippen molar-refractivity contribution in [1.82, 2.24) is 24.5 Å². The summed E-state index contributed by atoms with van der Waals surface area (Å²) in [6.07, 6.45) is 0. The van der Waals surface area contributed by atoms with Gasteiger partial charge in [-0.2, -0.15) is 4.52 Å². The topological polar surface area (TPSA) is 61.6 Å². The van der Waals surface area contributed by atoms with E-state index in [1.54, 1.807) is 0 Å². The Bertz CT molecular complexity index is 1510. The van der Waals surface area contributed by atoms with Crippen LogP contribution in [0.25, 0.3) is 27.9 Å². The third-order valence-electron chi connectivity index (χ3n) is 6.81. The van der Waals surface area contributed by atoms with Crippen LogP contribution in [0.1, 0.15) is 5.56 Å². The van der Waals surface area contributed by atoms with Gasteiger partial charge < -0.3 is 10.2 Å². The molecule has 0 radical (unpaired) electrons. The summed E-state index contributed by atoms with van der Waals surface area (Å²) in [5.74, 6) is 1.41. The first-order chi connectivity index (χ1) is 17.7. The van der Waals surface area contributed by atoms with E-state index < -0.39 is 0 Å². The number of para-hydroxylation sites is 1. The number of hydrogen-bond donors (Lipinski definition) is 1. The summed E-state index contributed by atoms with van der Waals surface area (Å²) >= 11 is 6.24. The molecule has 36 heavy (non-hydrogen) atoms. The average molecular weight is 498 g/mol. The Hall–Kier alpha value is -3.68. The SMILES string of the molecule is Cc1ccc(Cl)cc1N1CCN(CCNc2nc3ccccc3c3nc(-c4ccccc4)nn23)CC1. The van der Waals surface area contributed by atoms with Crippen LogP contribution in [-0.2, 0) is 0 Å². The molecule has 1 saturated heterocycles. The standard InChI is InChI=1S/C28H28ClN7/c1-20-11-12-22(29)19-25(20)35-17-15-34(16-18-35)14-13-30-28-31-24-10-6-5-9-23(24)27-32-26(33-36(27)28)21-7-3-2-4-8-21/h2-12,19H,13-18H2,1H3,(H,30,31). The normalized spacial score (nSPS) is 14.6. The molecule has 0 saturated carbocycles. The molecule has 182 valence electrons. The smallest absolute Gasteiger partial charge is 0.226 e. The zero-order valence-electron chi connectivity index (χ0n) is 20.2. The number of aromatic nitrogens is 4. The molecule has 6 rings (SSSR count). The lowest BCUT2D eigenvalue weighted by Gasteiger charge is -2.36. The highest BCUT2D eigenvalue weighted by Crippen LogP contribution is 2.26. The molecule has 0 amide bonds. The number of benzene rings is 3. The maximum Gasteiger partial charge on any atom is 0.226 e. The van der Waals surface area contributed by atoms with E-state index in [0.717, 1.165) is 66.4 Å². The molecule has 1 fully saturated rings. The van der Waals surface area contributed by atoms with Crippen LogP contribution in [0.5, 0.6) is 0 Å². The van der Waals surface area contributed by atoms with Crippen LogP contribution in [0.2, 0.25) is 5.02 Å². The molecule has 3 aromatic carbocycles. The van der Waals surface area contributed by atoms with Gasteiger partial charge in [0, 0.05) is 60.9 Å².